The van der Waals surface area contributed by atoms with E-state index in [2.05, 4.69) is 227 Å². The minimum atomic E-state index is 0.631. The van der Waals surface area contributed by atoms with Crippen molar-refractivity contribution in [3.63, 3.8) is 0 Å². The molecule has 7 aromatic carbocycles. The molecule has 0 unspecified atom stereocenters. The first kappa shape index (κ1) is 39.3. The number of ether oxygens (including phenoxy) is 1. The van der Waals surface area contributed by atoms with Crippen molar-refractivity contribution < 1.29 is 4.74 Å². The highest BCUT2D eigenvalue weighted by Gasteiger charge is 2.13. The number of hydrogen-bond acceptors (Lipinski definition) is 2. The maximum absolute atomic E-state index is 5.78. The Morgan fingerprint density at radius 3 is 0.983 bits per heavy atom. The molecule has 0 bridgehead atoms. The fourth-order valence-corrected chi connectivity index (χ4v) is 6.94. The Morgan fingerprint density at radius 1 is 0.397 bits per heavy atom. The molecule has 0 fully saturated rings. The lowest BCUT2D eigenvalue weighted by molar-refractivity contribution is 0.340. The minimum absolute atomic E-state index is 0.631. The largest absolute Gasteiger partial charge is 0.494 e. The monoisotopic (exact) mass is 753 g/mol. The van der Waals surface area contributed by atoms with Crippen molar-refractivity contribution in [3.8, 4) is 5.75 Å². The Morgan fingerprint density at radius 2 is 0.690 bits per heavy atom. The Hall–Kier alpha value is -6.90. The van der Waals surface area contributed by atoms with Crippen LogP contribution in [-0.4, -0.2) is 6.61 Å². The van der Waals surface area contributed by atoms with E-state index in [-0.39, 0.29) is 0 Å². The second-order valence-electron chi connectivity index (χ2n) is 14.8. The molecule has 0 N–H and O–H groups in total. The molecule has 0 heterocycles. The van der Waals surface area contributed by atoms with E-state index in [0.29, 0.717) is 6.61 Å². The van der Waals surface area contributed by atoms with Gasteiger partial charge in [0.05, 0.1) is 6.61 Å². The molecule has 0 amide bonds. The van der Waals surface area contributed by atoms with Crippen molar-refractivity contribution in [3.05, 3.63) is 250 Å². The average molecular weight is 754 g/mol. The molecular formula is C56H51NO. The molecule has 0 saturated heterocycles. The SMILES string of the molecule is CCOc1ccc(N(c2ccc(/C=C/C=C(c3ccc(C)cc3)c3ccc(C)cc3)cc2)c2ccc(/C=C/C=C(c3ccc(C)cc3)c3ccc(C)cc3)cc2)cc1. The maximum Gasteiger partial charge on any atom is 0.119 e. The Bertz CT molecular complexity index is 2260. The average Bonchev–Trinajstić information content (AvgIpc) is 3.25. The summed E-state index contributed by atoms with van der Waals surface area (Å²) in [5, 5.41) is 0. The smallest absolute Gasteiger partial charge is 0.119 e. The first-order valence-electron chi connectivity index (χ1n) is 20.1. The lowest BCUT2D eigenvalue weighted by Gasteiger charge is -2.26. The van der Waals surface area contributed by atoms with Gasteiger partial charge in [-0.1, -0.05) is 180 Å². The van der Waals surface area contributed by atoms with Crippen LogP contribution in [0.3, 0.4) is 0 Å². The fourth-order valence-electron chi connectivity index (χ4n) is 6.94. The van der Waals surface area contributed by atoms with E-state index in [1.165, 1.54) is 55.7 Å². The van der Waals surface area contributed by atoms with Crippen molar-refractivity contribution in [2.75, 3.05) is 11.5 Å². The van der Waals surface area contributed by atoms with Crippen LogP contribution >= 0.6 is 0 Å². The van der Waals surface area contributed by atoms with E-state index >= 15 is 0 Å². The molecule has 7 rings (SSSR count). The highest BCUT2D eigenvalue weighted by Crippen LogP contribution is 2.36. The molecule has 0 radical (unpaired) electrons. The number of allylic oxidation sites excluding steroid dienone is 4. The van der Waals surface area contributed by atoms with Crippen molar-refractivity contribution in [1.82, 2.24) is 0 Å². The first-order valence-corrected chi connectivity index (χ1v) is 20.1. The summed E-state index contributed by atoms with van der Waals surface area (Å²) in [5.74, 6) is 0.861. The summed E-state index contributed by atoms with van der Waals surface area (Å²) in [7, 11) is 0. The number of benzene rings is 7. The molecule has 0 aromatic heterocycles. The summed E-state index contributed by atoms with van der Waals surface area (Å²) in [5.41, 5.74) is 17.7. The molecule has 58 heavy (non-hydrogen) atoms. The Kier molecular flexibility index (Phi) is 12.8. The lowest BCUT2D eigenvalue weighted by atomic mass is 9.96. The summed E-state index contributed by atoms with van der Waals surface area (Å²) in [6.07, 6.45) is 13.1. The van der Waals surface area contributed by atoms with Crippen molar-refractivity contribution in [2.24, 2.45) is 0 Å². The third-order valence-electron chi connectivity index (χ3n) is 10.3. The van der Waals surface area contributed by atoms with Gasteiger partial charge in [0.25, 0.3) is 0 Å². The highest BCUT2D eigenvalue weighted by molar-refractivity contribution is 5.83. The van der Waals surface area contributed by atoms with Crippen molar-refractivity contribution in [1.29, 1.82) is 0 Å². The van der Waals surface area contributed by atoms with Gasteiger partial charge in [0.1, 0.15) is 5.75 Å². The number of rotatable bonds is 13. The number of nitrogens with zero attached hydrogens (tertiary/aromatic N) is 1. The standard InChI is InChI=1S/C56H51NO/c1-6-58-54-39-37-53(38-40-54)57(51-33-21-45(22-34-51)9-7-11-55(47-25-13-41(2)14-26-47)48-27-15-42(3)16-28-48)52-35-23-46(24-36-52)10-8-12-56(49-29-17-43(4)18-30-49)50-31-19-44(5)20-32-50/h7-40H,6H2,1-5H3/b9-7+,10-8+. The normalized spacial score (nSPS) is 11.1. The second kappa shape index (κ2) is 18.8. The van der Waals surface area contributed by atoms with E-state index in [1.54, 1.807) is 0 Å². The zero-order valence-electron chi connectivity index (χ0n) is 34.2. The minimum Gasteiger partial charge on any atom is -0.494 e. The molecule has 2 nitrogen and oxygen atoms in total. The summed E-state index contributed by atoms with van der Waals surface area (Å²) in [6, 6.07) is 60.8. The van der Waals surface area contributed by atoms with Crippen LogP contribution in [0.2, 0.25) is 0 Å². The second-order valence-corrected chi connectivity index (χ2v) is 14.8. The Labute approximate surface area is 345 Å². The van der Waals surface area contributed by atoms with Gasteiger partial charge in [-0.05, 0) is 128 Å². The fraction of sp³-hybridized carbons (Fsp3) is 0.107. The van der Waals surface area contributed by atoms with Gasteiger partial charge in [-0.3, -0.25) is 0 Å². The molecule has 286 valence electrons. The van der Waals surface area contributed by atoms with Gasteiger partial charge in [0.15, 0.2) is 0 Å². The van der Waals surface area contributed by atoms with Gasteiger partial charge < -0.3 is 9.64 Å². The summed E-state index contributed by atoms with van der Waals surface area (Å²) in [6.45, 7) is 11.1. The van der Waals surface area contributed by atoms with Crippen molar-refractivity contribution in [2.45, 2.75) is 34.6 Å². The van der Waals surface area contributed by atoms with Gasteiger partial charge in [-0.15, -0.1) is 0 Å². The van der Waals surface area contributed by atoms with Gasteiger partial charge in [0.2, 0.25) is 0 Å². The van der Waals surface area contributed by atoms with E-state index < -0.39 is 0 Å². The molecule has 0 aliphatic rings. The Balaban J connectivity index is 1.15. The van der Waals surface area contributed by atoms with Crippen LogP contribution in [0, 0.1) is 27.7 Å². The third-order valence-corrected chi connectivity index (χ3v) is 10.3. The highest BCUT2D eigenvalue weighted by atomic mass is 16.5. The van der Waals surface area contributed by atoms with Crippen LogP contribution < -0.4 is 9.64 Å². The van der Waals surface area contributed by atoms with Gasteiger partial charge in [-0.2, -0.15) is 0 Å². The summed E-state index contributed by atoms with van der Waals surface area (Å²) < 4.78 is 5.78. The molecule has 7 aromatic rings. The topological polar surface area (TPSA) is 12.5 Å². The van der Waals surface area contributed by atoms with Gasteiger partial charge >= 0.3 is 0 Å². The van der Waals surface area contributed by atoms with Crippen LogP contribution in [-0.2, 0) is 0 Å². The third kappa shape index (κ3) is 10.1. The molecule has 2 heteroatoms. The van der Waals surface area contributed by atoms with Crippen LogP contribution in [0.25, 0.3) is 23.3 Å². The van der Waals surface area contributed by atoms with Crippen molar-refractivity contribution >= 4 is 40.4 Å². The molecule has 0 saturated carbocycles. The van der Waals surface area contributed by atoms with E-state index in [0.717, 1.165) is 33.9 Å². The van der Waals surface area contributed by atoms with Crippen LogP contribution in [0.5, 0.6) is 5.75 Å². The van der Waals surface area contributed by atoms with Crippen LogP contribution in [0.1, 0.15) is 62.6 Å². The summed E-state index contributed by atoms with van der Waals surface area (Å²) in [4.78, 5) is 2.29. The zero-order chi connectivity index (χ0) is 40.3. The maximum atomic E-state index is 5.78. The summed E-state index contributed by atoms with van der Waals surface area (Å²) >= 11 is 0. The predicted molar refractivity (Wildman–Crippen MR) is 249 cm³/mol. The van der Waals surface area contributed by atoms with E-state index in [1.807, 2.05) is 19.1 Å². The van der Waals surface area contributed by atoms with E-state index in [4.69, 9.17) is 4.74 Å². The van der Waals surface area contributed by atoms with E-state index in [9.17, 15) is 0 Å². The first-order chi connectivity index (χ1) is 28.3. The van der Waals surface area contributed by atoms with Gasteiger partial charge in [0, 0.05) is 17.1 Å². The molecule has 0 atom stereocenters. The number of aryl methyl sites for hydroxylation is 4. The van der Waals surface area contributed by atoms with Gasteiger partial charge in [-0.25, -0.2) is 0 Å². The van der Waals surface area contributed by atoms with Crippen LogP contribution in [0.15, 0.2) is 194 Å². The molecule has 0 aliphatic heterocycles. The zero-order valence-corrected chi connectivity index (χ0v) is 34.2. The number of hydrogen-bond donors (Lipinski definition) is 0. The lowest BCUT2D eigenvalue weighted by Crippen LogP contribution is -2.09. The molecule has 0 aliphatic carbocycles. The molecule has 0 spiro atoms. The van der Waals surface area contributed by atoms with Crippen LogP contribution in [0.4, 0.5) is 17.1 Å². The predicted octanol–water partition coefficient (Wildman–Crippen LogP) is 15.1. The number of anilines is 3. The quantitative estimate of drug-likeness (QED) is 0.109. The molecular weight excluding hydrogens is 703 g/mol.